The normalized spacial score (nSPS) is 14.5. The van der Waals surface area contributed by atoms with Gasteiger partial charge in [-0.1, -0.05) is 12.1 Å². The summed E-state index contributed by atoms with van der Waals surface area (Å²) in [7, 11) is 3.19. The van der Waals surface area contributed by atoms with Crippen molar-refractivity contribution in [2.45, 2.75) is 26.7 Å². The predicted octanol–water partition coefficient (Wildman–Crippen LogP) is 1.95. The molecule has 1 aromatic carbocycles. The van der Waals surface area contributed by atoms with Crippen molar-refractivity contribution in [3.8, 4) is 0 Å². The van der Waals surface area contributed by atoms with Gasteiger partial charge in [0.05, 0.1) is 18.9 Å². The largest absolute Gasteiger partial charge is 0.469 e. The van der Waals surface area contributed by atoms with E-state index in [9.17, 15) is 9.59 Å². The van der Waals surface area contributed by atoms with Crippen molar-refractivity contribution in [3.05, 3.63) is 29.3 Å². The molecule has 4 nitrogen and oxygen atoms in total. The molecule has 1 amide bonds. The Hall–Kier alpha value is -1.84. The molecular weight excluding hydrogens is 242 g/mol. The summed E-state index contributed by atoms with van der Waals surface area (Å²) in [6.07, 6.45) is 1.04. The third kappa shape index (κ3) is 2.48. The lowest BCUT2D eigenvalue weighted by atomic mass is 9.85. The van der Waals surface area contributed by atoms with E-state index in [0.717, 1.165) is 16.8 Å². The Morgan fingerprint density at radius 1 is 1.42 bits per heavy atom. The summed E-state index contributed by atoms with van der Waals surface area (Å²) in [6.45, 7) is 3.73. The molecule has 0 fully saturated rings. The number of benzene rings is 1. The summed E-state index contributed by atoms with van der Waals surface area (Å²) >= 11 is 0. The van der Waals surface area contributed by atoms with Gasteiger partial charge < -0.3 is 9.64 Å². The molecule has 0 unspecified atom stereocenters. The lowest BCUT2D eigenvalue weighted by molar-refractivity contribution is -0.150. The van der Waals surface area contributed by atoms with Gasteiger partial charge in [-0.15, -0.1) is 0 Å². The lowest BCUT2D eigenvalue weighted by Gasteiger charge is -2.21. The first-order valence-electron chi connectivity index (χ1n) is 6.32. The number of carbonyl (C=O) groups excluding carboxylic acids is 2. The minimum atomic E-state index is -0.558. The lowest BCUT2D eigenvalue weighted by Crippen LogP contribution is -2.28. The SMILES string of the molecule is COC(=O)C(C)(C)Cc1ccc2c(c1)CC(=O)N2C. The van der Waals surface area contributed by atoms with Gasteiger partial charge in [0, 0.05) is 12.7 Å². The average Bonchev–Trinajstić information content (AvgIpc) is 2.63. The Morgan fingerprint density at radius 3 is 2.74 bits per heavy atom. The Bertz CT molecular complexity index is 534. The first-order chi connectivity index (χ1) is 8.85. The maximum Gasteiger partial charge on any atom is 0.311 e. The smallest absolute Gasteiger partial charge is 0.311 e. The van der Waals surface area contributed by atoms with Gasteiger partial charge in [0.1, 0.15) is 0 Å². The number of rotatable bonds is 3. The highest BCUT2D eigenvalue weighted by atomic mass is 16.5. The van der Waals surface area contributed by atoms with E-state index in [1.165, 1.54) is 7.11 Å². The van der Waals surface area contributed by atoms with Crippen LogP contribution in [0, 0.1) is 5.41 Å². The second kappa shape index (κ2) is 4.68. The van der Waals surface area contributed by atoms with Crippen molar-refractivity contribution < 1.29 is 14.3 Å². The second-order valence-electron chi connectivity index (χ2n) is 5.64. The zero-order chi connectivity index (χ0) is 14.2. The number of likely N-dealkylation sites (N-methyl/N-ethyl adjacent to an activating group) is 1. The van der Waals surface area contributed by atoms with Crippen molar-refractivity contribution in [2.24, 2.45) is 5.41 Å². The van der Waals surface area contributed by atoms with Gasteiger partial charge in [-0.3, -0.25) is 9.59 Å². The molecule has 0 radical (unpaired) electrons. The highest BCUT2D eigenvalue weighted by molar-refractivity contribution is 6.00. The number of nitrogens with zero attached hydrogens (tertiary/aromatic N) is 1. The molecule has 2 rings (SSSR count). The number of ether oxygens (including phenoxy) is 1. The molecule has 0 aromatic heterocycles. The van der Waals surface area contributed by atoms with E-state index in [2.05, 4.69) is 0 Å². The van der Waals surface area contributed by atoms with E-state index in [1.807, 2.05) is 32.0 Å². The quantitative estimate of drug-likeness (QED) is 0.781. The van der Waals surface area contributed by atoms with Crippen LogP contribution in [0.25, 0.3) is 0 Å². The fraction of sp³-hybridized carbons (Fsp3) is 0.467. The number of carbonyl (C=O) groups is 2. The number of methoxy groups -OCH3 is 1. The van der Waals surface area contributed by atoms with E-state index in [-0.39, 0.29) is 11.9 Å². The molecule has 0 bridgehead atoms. The van der Waals surface area contributed by atoms with Gasteiger partial charge in [0.2, 0.25) is 5.91 Å². The van der Waals surface area contributed by atoms with Crippen molar-refractivity contribution in [1.29, 1.82) is 0 Å². The van der Waals surface area contributed by atoms with E-state index in [0.29, 0.717) is 12.8 Å². The number of amides is 1. The molecule has 0 N–H and O–H groups in total. The maximum atomic E-state index is 11.7. The standard InChI is InChI=1S/C15H19NO3/c1-15(2,14(18)19-4)9-10-5-6-12-11(7-10)8-13(17)16(12)3/h5-7H,8-9H2,1-4H3. The molecule has 0 aliphatic carbocycles. The fourth-order valence-electron chi connectivity index (χ4n) is 2.49. The van der Waals surface area contributed by atoms with Crippen LogP contribution in [-0.2, 0) is 27.2 Å². The van der Waals surface area contributed by atoms with Gasteiger partial charge in [-0.25, -0.2) is 0 Å². The van der Waals surface area contributed by atoms with Crippen LogP contribution in [-0.4, -0.2) is 26.0 Å². The summed E-state index contributed by atoms with van der Waals surface area (Å²) in [6, 6.07) is 5.93. The number of fused-ring (bicyclic) bond motifs is 1. The Labute approximate surface area is 113 Å². The van der Waals surface area contributed by atoms with Crippen molar-refractivity contribution >= 4 is 17.6 Å². The van der Waals surface area contributed by atoms with Crippen molar-refractivity contribution in [3.63, 3.8) is 0 Å². The van der Waals surface area contributed by atoms with Crippen LogP contribution in [0.15, 0.2) is 18.2 Å². The highest BCUT2D eigenvalue weighted by Gasteiger charge is 2.30. The van der Waals surface area contributed by atoms with Gasteiger partial charge in [-0.05, 0) is 37.5 Å². The van der Waals surface area contributed by atoms with E-state index in [1.54, 1.807) is 11.9 Å². The molecule has 1 aromatic rings. The number of esters is 1. The van der Waals surface area contributed by atoms with Crippen LogP contribution in [0.5, 0.6) is 0 Å². The summed E-state index contributed by atoms with van der Waals surface area (Å²) in [5, 5.41) is 0. The predicted molar refractivity (Wildman–Crippen MR) is 73.1 cm³/mol. The Balaban J connectivity index is 2.23. The van der Waals surface area contributed by atoms with Crippen LogP contribution < -0.4 is 4.90 Å². The van der Waals surface area contributed by atoms with Crippen LogP contribution in [0.1, 0.15) is 25.0 Å². The number of hydrogen-bond acceptors (Lipinski definition) is 3. The molecule has 0 atom stereocenters. The minimum Gasteiger partial charge on any atom is -0.469 e. The van der Waals surface area contributed by atoms with Gasteiger partial charge in [-0.2, -0.15) is 0 Å². The first-order valence-corrected chi connectivity index (χ1v) is 6.32. The molecule has 1 aliphatic rings. The molecular formula is C15H19NO3. The summed E-state index contributed by atoms with van der Waals surface area (Å²) in [5.41, 5.74) is 2.49. The molecule has 0 spiro atoms. The number of anilines is 1. The maximum absolute atomic E-state index is 11.7. The molecule has 0 saturated carbocycles. The molecule has 1 aliphatic heterocycles. The van der Waals surface area contributed by atoms with Crippen LogP contribution in [0.4, 0.5) is 5.69 Å². The second-order valence-corrected chi connectivity index (χ2v) is 5.64. The number of hydrogen-bond donors (Lipinski definition) is 0. The zero-order valence-corrected chi connectivity index (χ0v) is 11.8. The van der Waals surface area contributed by atoms with Crippen LogP contribution in [0.2, 0.25) is 0 Å². The zero-order valence-electron chi connectivity index (χ0n) is 11.8. The highest BCUT2D eigenvalue weighted by Crippen LogP contribution is 2.31. The molecule has 19 heavy (non-hydrogen) atoms. The Morgan fingerprint density at radius 2 is 2.11 bits per heavy atom. The van der Waals surface area contributed by atoms with Crippen LogP contribution >= 0.6 is 0 Å². The van der Waals surface area contributed by atoms with E-state index >= 15 is 0 Å². The van der Waals surface area contributed by atoms with Crippen molar-refractivity contribution in [2.75, 3.05) is 19.1 Å². The topological polar surface area (TPSA) is 46.6 Å². The summed E-state index contributed by atoms with van der Waals surface area (Å²) < 4.78 is 4.81. The molecule has 0 saturated heterocycles. The average molecular weight is 261 g/mol. The van der Waals surface area contributed by atoms with Gasteiger partial charge in [0.15, 0.2) is 0 Å². The first kappa shape index (κ1) is 13.6. The van der Waals surface area contributed by atoms with Gasteiger partial charge >= 0.3 is 5.97 Å². The molecule has 4 heteroatoms. The Kier molecular flexibility index (Phi) is 3.35. The minimum absolute atomic E-state index is 0.111. The summed E-state index contributed by atoms with van der Waals surface area (Å²) in [5.74, 6) is -0.111. The van der Waals surface area contributed by atoms with E-state index < -0.39 is 5.41 Å². The molecule has 102 valence electrons. The monoisotopic (exact) mass is 261 g/mol. The van der Waals surface area contributed by atoms with E-state index in [4.69, 9.17) is 4.74 Å². The third-order valence-corrected chi connectivity index (χ3v) is 3.61. The van der Waals surface area contributed by atoms with Crippen molar-refractivity contribution in [1.82, 2.24) is 0 Å². The fourth-order valence-corrected chi connectivity index (χ4v) is 2.49. The third-order valence-electron chi connectivity index (χ3n) is 3.61. The summed E-state index contributed by atoms with van der Waals surface area (Å²) in [4.78, 5) is 25.0. The molecule has 1 heterocycles. The van der Waals surface area contributed by atoms with Crippen LogP contribution in [0.3, 0.4) is 0 Å². The van der Waals surface area contributed by atoms with Gasteiger partial charge in [0.25, 0.3) is 0 Å².